The van der Waals surface area contributed by atoms with E-state index in [1.165, 1.54) is 11.1 Å². The van der Waals surface area contributed by atoms with Crippen molar-refractivity contribution in [3.8, 4) is 11.5 Å². The first kappa shape index (κ1) is 22.5. The van der Waals surface area contributed by atoms with Crippen LogP contribution >= 0.6 is 24.8 Å². The van der Waals surface area contributed by atoms with Crippen LogP contribution in [0.2, 0.25) is 0 Å². The van der Waals surface area contributed by atoms with Crippen LogP contribution in [0, 0.1) is 0 Å². The van der Waals surface area contributed by atoms with Crippen LogP contribution < -0.4 is 10.1 Å². The average molecular weight is 395 g/mol. The molecule has 2 aromatic carbocycles. The second-order valence-corrected chi connectivity index (χ2v) is 6.45. The summed E-state index contributed by atoms with van der Waals surface area (Å²) in [4.78, 5) is 2.55. The van der Waals surface area contributed by atoms with Crippen molar-refractivity contribution in [2.24, 2.45) is 0 Å². The maximum atomic E-state index is 6.01. The van der Waals surface area contributed by atoms with E-state index >= 15 is 0 Å². The van der Waals surface area contributed by atoms with E-state index in [1.807, 2.05) is 36.4 Å². The zero-order valence-electron chi connectivity index (χ0n) is 15.2. The summed E-state index contributed by atoms with van der Waals surface area (Å²) in [6.45, 7) is 10.5. The molecule has 142 valence electrons. The van der Waals surface area contributed by atoms with Gasteiger partial charge in [-0.15, -0.1) is 31.4 Å². The van der Waals surface area contributed by atoms with Gasteiger partial charge in [0.2, 0.25) is 0 Å². The van der Waals surface area contributed by atoms with Crippen molar-refractivity contribution in [1.82, 2.24) is 10.2 Å². The fraction of sp³-hybridized carbons (Fsp3) is 0.333. The van der Waals surface area contributed by atoms with Crippen LogP contribution in [0.25, 0.3) is 0 Å². The van der Waals surface area contributed by atoms with Gasteiger partial charge in [-0.25, -0.2) is 0 Å². The van der Waals surface area contributed by atoms with Gasteiger partial charge >= 0.3 is 0 Å². The Morgan fingerprint density at radius 1 is 1.04 bits per heavy atom. The predicted octanol–water partition coefficient (Wildman–Crippen LogP) is 5.24. The van der Waals surface area contributed by atoms with Gasteiger partial charge in [0.1, 0.15) is 11.5 Å². The molecular weight excluding hydrogens is 367 g/mol. The number of benzene rings is 2. The van der Waals surface area contributed by atoms with Gasteiger partial charge in [-0.05, 0) is 43.2 Å². The van der Waals surface area contributed by atoms with Crippen LogP contribution in [0.15, 0.2) is 66.7 Å². The standard InChI is InChI=1S/C21H26N2O.2ClH/c1-17(2)15-21(23-13-11-22-12-14-23)18-7-6-10-20(16-18)24-19-8-4-3-5-9-19;;/h3-10,16,21-22H,1,11-15H2,2H3;2*1H/t21-;;/m0../s1. The molecule has 3 nitrogen and oxygen atoms in total. The van der Waals surface area contributed by atoms with Crippen molar-refractivity contribution < 1.29 is 4.74 Å². The number of hydrogen-bond donors (Lipinski definition) is 1. The molecule has 0 aromatic heterocycles. The summed E-state index contributed by atoms with van der Waals surface area (Å²) in [5.74, 6) is 1.76. The third-order valence-corrected chi connectivity index (χ3v) is 4.36. The van der Waals surface area contributed by atoms with Crippen molar-refractivity contribution in [2.45, 2.75) is 19.4 Å². The quantitative estimate of drug-likeness (QED) is 0.678. The first-order valence-corrected chi connectivity index (χ1v) is 8.64. The number of halogens is 2. The Labute approximate surface area is 169 Å². The second-order valence-electron chi connectivity index (χ2n) is 6.45. The van der Waals surface area contributed by atoms with Crippen molar-refractivity contribution in [3.05, 3.63) is 72.3 Å². The number of ether oxygens (including phenoxy) is 1. The summed E-state index contributed by atoms with van der Waals surface area (Å²) < 4.78 is 6.01. The second kappa shape index (κ2) is 11.2. The smallest absolute Gasteiger partial charge is 0.127 e. The molecule has 1 aliphatic heterocycles. The Hall–Kier alpha value is -1.52. The highest BCUT2D eigenvalue weighted by molar-refractivity contribution is 5.85. The average Bonchev–Trinajstić information content (AvgIpc) is 2.61. The van der Waals surface area contributed by atoms with Gasteiger partial charge in [0, 0.05) is 32.2 Å². The molecule has 2 aromatic rings. The van der Waals surface area contributed by atoms with Crippen LogP contribution in [0.5, 0.6) is 11.5 Å². The summed E-state index contributed by atoms with van der Waals surface area (Å²) in [7, 11) is 0. The number of nitrogens with one attached hydrogen (secondary N) is 1. The summed E-state index contributed by atoms with van der Waals surface area (Å²) in [5.41, 5.74) is 2.52. The zero-order chi connectivity index (χ0) is 16.8. The highest BCUT2D eigenvalue weighted by Gasteiger charge is 2.22. The summed E-state index contributed by atoms with van der Waals surface area (Å²) in [6.07, 6.45) is 0.981. The van der Waals surface area contributed by atoms with Gasteiger partial charge in [-0.3, -0.25) is 4.90 Å². The molecule has 0 bridgehead atoms. The number of rotatable bonds is 6. The molecule has 1 fully saturated rings. The molecule has 0 unspecified atom stereocenters. The lowest BCUT2D eigenvalue weighted by Crippen LogP contribution is -2.45. The maximum Gasteiger partial charge on any atom is 0.127 e. The highest BCUT2D eigenvalue weighted by Crippen LogP contribution is 2.31. The largest absolute Gasteiger partial charge is 0.457 e. The maximum absolute atomic E-state index is 6.01. The molecule has 1 heterocycles. The summed E-state index contributed by atoms with van der Waals surface area (Å²) >= 11 is 0. The van der Waals surface area contributed by atoms with Crippen LogP contribution in [0.1, 0.15) is 24.9 Å². The normalized spacial score (nSPS) is 15.3. The minimum absolute atomic E-state index is 0. The molecule has 0 amide bonds. The van der Waals surface area contributed by atoms with Gasteiger partial charge < -0.3 is 10.1 Å². The molecule has 5 heteroatoms. The zero-order valence-corrected chi connectivity index (χ0v) is 16.8. The topological polar surface area (TPSA) is 24.5 Å². The Morgan fingerprint density at radius 2 is 1.69 bits per heavy atom. The van der Waals surface area contributed by atoms with Gasteiger partial charge in [-0.1, -0.05) is 35.9 Å². The lowest BCUT2D eigenvalue weighted by molar-refractivity contribution is 0.172. The number of hydrogen-bond acceptors (Lipinski definition) is 3. The first-order valence-electron chi connectivity index (χ1n) is 8.64. The third-order valence-electron chi connectivity index (χ3n) is 4.36. The van der Waals surface area contributed by atoms with E-state index in [0.29, 0.717) is 6.04 Å². The van der Waals surface area contributed by atoms with Crippen molar-refractivity contribution in [3.63, 3.8) is 0 Å². The van der Waals surface area contributed by atoms with Crippen LogP contribution in [-0.2, 0) is 0 Å². The molecule has 1 N–H and O–H groups in total. The fourth-order valence-electron chi connectivity index (χ4n) is 3.19. The van der Waals surface area contributed by atoms with Gasteiger partial charge in [-0.2, -0.15) is 0 Å². The van der Waals surface area contributed by atoms with Gasteiger partial charge in [0.25, 0.3) is 0 Å². The fourth-order valence-corrected chi connectivity index (χ4v) is 3.19. The Kier molecular flexibility index (Phi) is 9.74. The number of piperazine rings is 1. The number of nitrogens with zero attached hydrogens (tertiary/aromatic N) is 1. The molecule has 1 atom stereocenters. The van der Waals surface area contributed by atoms with E-state index in [9.17, 15) is 0 Å². The minimum Gasteiger partial charge on any atom is -0.457 e. The van der Waals surface area contributed by atoms with Crippen LogP contribution in [0.3, 0.4) is 0 Å². The Balaban J connectivity index is 0.00000169. The van der Waals surface area contributed by atoms with Crippen molar-refractivity contribution in [1.29, 1.82) is 0 Å². The SMILES string of the molecule is C=C(C)C[C@@H](c1cccc(Oc2ccccc2)c1)N1CCNCC1.Cl.Cl. The number of para-hydroxylation sites is 1. The van der Waals surface area contributed by atoms with Crippen LogP contribution in [-0.4, -0.2) is 31.1 Å². The van der Waals surface area contributed by atoms with Gasteiger partial charge in [0.15, 0.2) is 0 Å². The van der Waals surface area contributed by atoms with E-state index in [2.05, 4.69) is 41.9 Å². The Bertz CT molecular complexity index is 673. The monoisotopic (exact) mass is 394 g/mol. The Morgan fingerprint density at radius 3 is 2.35 bits per heavy atom. The summed E-state index contributed by atoms with van der Waals surface area (Å²) in [6, 6.07) is 18.8. The minimum atomic E-state index is 0. The van der Waals surface area contributed by atoms with E-state index in [1.54, 1.807) is 0 Å². The molecular formula is C21H28Cl2N2O. The van der Waals surface area contributed by atoms with E-state index in [-0.39, 0.29) is 24.8 Å². The van der Waals surface area contributed by atoms with E-state index < -0.39 is 0 Å². The predicted molar refractivity (Wildman–Crippen MR) is 114 cm³/mol. The highest BCUT2D eigenvalue weighted by atomic mass is 35.5. The molecule has 3 rings (SSSR count). The van der Waals surface area contributed by atoms with E-state index in [0.717, 1.165) is 44.1 Å². The molecule has 26 heavy (non-hydrogen) atoms. The van der Waals surface area contributed by atoms with Crippen molar-refractivity contribution >= 4 is 24.8 Å². The summed E-state index contributed by atoms with van der Waals surface area (Å²) in [5, 5.41) is 3.43. The molecule has 0 spiro atoms. The van der Waals surface area contributed by atoms with Crippen LogP contribution in [0.4, 0.5) is 0 Å². The van der Waals surface area contributed by atoms with Gasteiger partial charge in [0.05, 0.1) is 0 Å². The van der Waals surface area contributed by atoms with Crippen molar-refractivity contribution in [2.75, 3.05) is 26.2 Å². The first-order chi connectivity index (χ1) is 11.7. The third kappa shape index (κ3) is 6.33. The molecule has 0 saturated carbocycles. The lowest BCUT2D eigenvalue weighted by atomic mass is 9.97. The molecule has 1 saturated heterocycles. The molecule has 1 aliphatic rings. The molecule has 0 aliphatic carbocycles. The lowest BCUT2D eigenvalue weighted by Gasteiger charge is -2.35. The van der Waals surface area contributed by atoms with E-state index in [4.69, 9.17) is 4.74 Å². The molecule has 0 radical (unpaired) electrons.